The molecule has 2 aliphatic heterocycles. The average Bonchev–Trinajstić information content (AvgIpc) is 2.89. The highest BCUT2D eigenvalue weighted by molar-refractivity contribution is 7.88. The second kappa shape index (κ2) is 6.86. The van der Waals surface area contributed by atoms with Gasteiger partial charge in [-0.2, -0.15) is 0 Å². The van der Waals surface area contributed by atoms with E-state index in [0.29, 0.717) is 19.0 Å². The van der Waals surface area contributed by atoms with Gasteiger partial charge in [0.05, 0.1) is 12.8 Å². The molecule has 0 radical (unpaired) electrons. The first-order valence-corrected chi connectivity index (χ1v) is 10.4. The molecule has 130 valence electrons. The fourth-order valence-electron chi connectivity index (χ4n) is 3.63. The van der Waals surface area contributed by atoms with Crippen LogP contribution >= 0.6 is 0 Å². The van der Waals surface area contributed by atoms with Crippen LogP contribution in [-0.4, -0.2) is 64.8 Å². The van der Waals surface area contributed by atoms with E-state index in [1.165, 1.54) is 25.5 Å². The summed E-state index contributed by atoms with van der Waals surface area (Å²) < 4.78 is 26.9. The molecule has 7 nitrogen and oxygen atoms in total. The van der Waals surface area contributed by atoms with Gasteiger partial charge in [0.15, 0.2) is 0 Å². The Bertz CT molecular complexity index is 628. The van der Waals surface area contributed by atoms with Gasteiger partial charge in [-0.1, -0.05) is 6.42 Å². The molecule has 2 fully saturated rings. The first-order valence-electron chi connectivity index (χ1n) is 8.51. The number of rotatable bonds is 4. The molecule has 1 aromatic rings. The topological polar surface area (TPSA) is 71.3 Å². The number of likely N-dealkylation sites (tertiary alicyclic amines) is 1. The van der Waals surface area contributed by atoms with Crippen molar-refractivity contribution in [2.24, 2.45) is 7.05 Å². The minimum Gasteiger partial charge on any atom is -0.317 e. The number of aromatic nitrogens is 3. The maximum atomic E-state index is 11.6. The fourth-order valence-corrected chi connectivity index (χ4v) is 4.51. The molecule has 0 amide bonds. The molecule has 0 aliphatic carbocycles. The number of nitrogens with zero attached hydrogens (tertiary/aromatic N) is 5. The van der Waals surface area contributed by atoms with Gasteiger partial charge in [-0.3, -0.25) is 4.90 Å². The molecule has 2 aliphatic rings. The summed E-state index contributed by atoms with van der Waals surface area (Å²) in [6.07, 6.45) is 6.81. The Morgan fingerprint density at radius 1 is 1.04 bits per heavy atom. The Hall–Kier alpha value is -0.990. The third-order valence-corrected chi connectivity index (χ3v) is 6.40. The smallest absolute Gasteiger partial charge is 0.211 e. The van der Waals surface area contributed by atoms with Crippen molar-refractivity contribution < 1.29 is 8.42 Å². The van der Waals surface area contributed by atoms with Crippen LogP contribution in [0.15, 0.2) is 0 Å². The van der Waals surface area contributed by atoms with E-state index in [9.17, 15) is 8.42 Å². The van der Waals surface area contributed by atoms with Crippen LogP contribution in [0.3, 0.4) is 0 Å². The van der Waals surface area contributed by atoms with Crippen LogP contribution in [0.2, 0.25) is 0 Å². The number of hydrogen-bond acceptors (Lipinski definition) is 5. The Morgan fingerprint density at radius 2 is 1.70 bits per heavy atom. The lowest BCUT2D eigenvalue weighted by Crippen LogP contribution is -2.37. The van der Waals surface area contributed by atoms with E-state index in [1.54, 1.807) is 4.31 Å². The molecule has 8 heteroatoms. The van der Waals surface area contributed by atoms with Crippen LogP contribution in [0.1, 0.15) is 49.7 Å². The van der Waals surface area contributed by atoms with E-state index in [0.717, 1.165) is 44.1 Å². The van der Waals surface area contributed by atoms with Crippen molar-refractivity contribution in [2.45, 2.75) is 44.6 Å². The Kier molecular flexibility index (Phi) is 5.03. The van der Waals surface area contributed by atoms with Crippen molar-refractivity contribution in [3.8, 4) is 0 Å². The van der Waals surface area contributed by atoms with Crippen LogP contribution in [0, 0.1) is 0 Å². The van der Waals surface area contributed by atoms with E-state index < -0.39 is 10.0 Å². The quantitative estimate of drug-likeness (QED) is 0.815. The first-order chi connectivity index (χ1) is 10.9. The number of piperidine rings is 2. The molecule has 0 bridgehead atoms. The zero-order chi connectivity index (χ0) is 16.4. The highest BCUT2D eigenvalue weighted by Crippen LogP contribution is 2.28. The summed E-state index contributed by atoms with van der Waals surface area (Å²) in [4.78, 5) is 2.45. The molecule has 2 saturated heterocycles. The average molecular weight is 341 g/mol. The van der Waals surface area contributed by atoms with E-state index in [-0.39, 0.29) is 0 Å². The SMILES string of the molecule is Cn1c(CN2CCCCC2)nnc1C1CCN(S(C)(=O)=O)CC1. The number of sulfonamides is 1. The molecular weight excluding hydrogens is 314 g/mol. The van der Waals surface area contributed by atoms with Gasteiger partial charge in [0, 0.05) is 26.1 Å². The lowest BCUT2D eigenvalue weighted by Gasteiger charge is -2.29. The lowest BCUT2D eigenvalue weighted by molar-refractivity contribution is 0.213. The third-order valence-electron chi connectivity index (χ3n) is 5.10. The molecule has 0 saturated carbocycles. The Morgan fingerprint density at radius 3 is 2.30 bits per heavy atom. The summed E-state index contributed by atoms with van der Waals surface area (Å²) in [5.41, 5.74) is 0. The zero-order valence-electron chi connectivity index (χ0n) is 14.1. The molecule has 3 heterocycles. The van der Waals surface area contributed by atoms with E-state index in [1.807, 2.05) is 7.05 Å². The van der Waals surface area contributed by atoms with E-state index in [2.05, 4.69) is 19.7 Å². The van der Waals surface area contributed by atoms with Gasteiger partial charge in [0.2, 0.25) is 10.0 Å². The normalized spacial score (nSPS) is 22.5. The summed E-state index contributed by atoms with van der Waals surface area (Å²) in [7, 11) is -1.03. The van der Waals surface area contributed by atoms with E-state index in [4.69, 9.17) is 0 Å². The molecule has 0 N–H and O–H groups in total. The molecule has 0 spiro atoms. The van der Waals surface area contributed by atoms with Gasteiger partial charge < -0.3 is 4.57 Å². The summed E-state index contributed by atoms with van der Waals surface area (Å²) in [6, 6.07) is 0. The van der Waals surface area contributed by atoms with Gasteiger partial charge in [0.25, 0.3) is 0 Å². The van der Waals surface area contributed by atoms with Gasteiger partial charge in [0.1, 0.15) is 11.6 Å². The predicted molar refractivity (Wildman–Crippen MR) is 88.5 cm³/mol. The van der Waals surface area contributed by atoms with Gasteiger partial charge in [-0.25, -0.2) is 12.7 Å². The van der Waals surface area contributed by atoms with Crippen LogP contribution < -0.4 is 0 Å². The van der Waals surface area contributed by atoms with Crippen molar-refractivity contribution in [2.75, 3.05) is 32.4 Å². The van der Waals surface area contributed by atoms with Crippen molar-refractivity contribution >= 4 is 10.0 Å². The Balaban J connectivity index is 1.63. The molecule has 1 aromatic heterocycles. The molecule has 23 heavy (non-hydrogen) atoms. The van der Waals surface area contributed by atoms with E-state index >= 15 is 0 Å². The summed E-state index contributed by atoms with van der Waals surface area (Å²) in [5.74, 6) is 2.33. The second-order valence-electron chi connectivity index (χ2n) is 6.81. The molecule has 0 aromatic carbocycles. The standard InChI is InChI=1S/C15H27N5O2S/c1-18-14(12-19-8-4-3-5-9-19)16-17-15(18)13-6-10-20(11-7-13)23(2,21)22/h13H,3-12H2,1-2H3. The van der Waals surface area contributed by atoms with Crippen LogP contribution in [0.4, 0.5) is 0 Å². The minimum absolute atomic E-state index is 0.306. The van der Waals surface area contributed by atoms with Crippen LogP contribution in [0.25, 0.3) is 0 Å². The molecule has 0 unspecified atom stereocenters. The second-order valence-corrected chi connectivity index (χ2v) is 8.79. The lowest BCUT2D eigenvalue weighted by atomic mass is 9.97. The number of hydrogen-bond donors (Lipinski definition) is 0. The Labute approximate surface area is 138 Å². The first kappa shape index (κ1) is 16.9. The summed E-state index contributed by atoms with van der Waals surface area (Å²) in [5, 5.41) is 8.80. The van der Waals surface area contributed by atoms with Gasteiger partial charge in [-0.05, 0) is 38.8 Å². The fraction of sp³-hybridized carbons (Fsp3) is 0.867. The maximum Gasteiger partial charge on any atom is 0.211 e. The van der Waals surface area contributed by atoms with Crippen molar-refractivity contribution in [1.82, 2.24) is 24.0 Å². The largest absolute Gasteiger partial charge is 0.317 e. The molecule has 3 rings (SSSR count). The van der Waals surface area contributed by atoms with Crippen molar-refractivity contribution in [3.63, 3.8) is 0 Å². The maximum absolute atomic E-state index is 11.6. The van der Waals surface area contributed by atoms with Crippen molar-refractivity contribution in [1.29, 1.82) is 0 Å². The molecular formula is C15H27N5O2S. The monoisotopic (exact) mass is 341 g/mol. The minimum atomic E-state index is -3.07. The zero-order valence-corrected chi connectivity index (χ0v) is 14.9. The highest BCUT2D eigenvalue weighted by Gasteiger charge is 2.29. The van der Waals surface area contributed by atoms with Crippen LogP contribution in [-0.2, 0) is 23.6 Å². The van der Waals surface area contributed by atoms with Gasteiger partial charge in [-0.15, -0.1) is 10.2 Å². The van der Waals surface area contributed by atoms with Crippen LogP contribution in [0.5, 0.6) is 0 Å². The predicted octanol–water partition coefficient (Wildman–Crippen LogP) is 0.940. The van der Waals surface area contributed by atoms with Gasteiger partial charge >= 0.3 is 0 Å². The summed E-state index contributed by atoms with van der Waals surface area (Å²) in [6.45, 7) is 4.32. The van der Waals surface area contributed by atoms with Crippen molar-refractivity contribution in [3.05, 3.63) is 11.6 Å². The highest BCUT2D eigenvalue weighted by atomic mass is 32.2. The summed E-state index contributed by atoms with van der Waals surface area (Å²) >= 11 is 0. The molecule has 0 atom stereocenters. The third kappa shape index (κ3) is 3.92.